The van der Waals surface area contributed by atoms with Crippen molar-refractivity contribution in [3.63, 3.8) is 0 Å². The van der Waals surface area contributed by atoms with Crippen molar-refractivity contribution in [1.82, 2.24) is 5.32 Å². The Labute approximate surface area is 152 Å². The van der Waals surface area contributed by atoms with E-state index in [1.165, 1.54) is 0 Å². The highest BCUT2D eigenvalue weighted by Crippen LogP contribution is 2.24. The maximum atomic E-state index is 12.4. The predicted octanol–water partition coefficient (Wildman–Crippen LogP) is 3.96. The van der Waals surface area contributed by atoms with Gasteiger partial charge < -0.3 is 10.4 Å². The predicted molar refractivity (Wildman–Crippen MR) is 101 cm³/mol. The molecule has 0 bridgehead atoms. The van der Waals surface area contributed by atoms with Crippen molar-refractivity contribution in [3.8, 4) is 0 Å². The summed E-state index contributed by atoms with van der Waals surface area (Å²) in [5.41, 5.74) is 0.00468. The first-order valence-electron chi connectivity index (χ1n) is 8.17. The van der Waals surface area contributed by atoms with E-state index in [1.807, 2.05) is 18.2 Å². The fraction of sp³-hybridized carbons (Fsp3) is 0.300. The van der Waals surface area contributed by atoms with E-state index in [1.54, 1.807) is 55.1 Å². The Kier molecular flexibility index (Phi) is 6.26. The largest absolute Gasteiger partial charge is 0.481 e. The Balaban J connectivity index is 2.08. The lowest BCUT2D eigenvalue weighted by Crippen LogP contribution is -2.44. The first-order chi connectivity index (χ1) is 11.8. The molecule has 0 aliphatic rings. The second-order valence-electron chi connectivity index (χ2n) is 6.38. The molecule has 2 rings (SSSR count). The Hall–Kier alpha value is -2.27. The summed E-state index contributed by atoms with van der Waals surface area (Å²) in [5, 5.41) is 12.9. The van der Waals surface area contributed by atoms with Crippen LogP contribution < -0.4 is 5.32 Å². The van der Waals surface area contributed by atoms with E-state index in [2.05, 4.69) is 19.2 Å². The van der Waals surface area contributed by atoms with Crippen LogP contribution in [0.1, 0.15) is 36.7 Å². The molecule has 0 fully saturated rings. The van der Waals surface area contributed by atoms with Crippen LogP contribution in [-0.2, 0) is 10.2 Å². The third-order valence-corrected chi connectivity index (χ3v) is 4.99. The SMILES string of the molecule is CC(C)Sc1ccc(C(=O)NCC(C)(C(=O)O)c2ccccc2)cc1. The second kappa shape index (κ2) is 8.21. The number of nitrogens with one attached hydrogen (secondary N) is 1. The van der Waals surface area contributed by atoms with Gasteiger partial charge in [0, 0.05) is 22.3 Å². The van der Waals surface area contributed by atoms with Crippen LogP contribution in [0.5, 0.6) is 0 Å². The summed E-state index contributed by atoms with van der Waals surface area (Å²) in [5.74, 6) is -1.24. The molecule has 1 atom stereocenters. The van der Waals surface area contributed by atoms with Gasteiger partial charge in [-0.3, -0.25) is 9.59 Å². The number of hydrogen-bond donors (Lipinski definition) is 2. The number of amides is 1. The number of carboxylic acids is 1. The van der Waals surface area contributed by atoms with Crippen molar-refractivity contribution in [1.29, 1.82) is 0 Å². The molecule has 132 valence electrons. The average Bonchev–Trinajstić information content (AvgIpc) is 2.60. The van der Waals surface area contributed by atoms with Gasteiger partial charge in [-0.15, -0.1) is 11.8 Å². The standard InChI is InChI=1S/C20H23NO3S/c1-14(2)25-17-11-9-15(10-12-17)18(22)21-13-20(3,19(23)24)16-7-5-4-6-8-16/h4-12,14H,13H2,1-3H3,(H,21,22)(H,23,24). The molecule has 0 radical (unpaired) electrons. The van der Waals surface area contributed by atoms with Crippen molar-refractivity contribution in [2.24, 2.45) is 0 Å². The maximum absolute atomic E-state index is 12.4. The molecule has 0 saturated heterocycles. The van der Waals surface area contributed by atoms with E-state index in [0.29, 0.717) is 16.4 Å². The fourth-order valence-corrected chi connectivity index (χ4v) is 3.26. The number of carbonyl (C=O) groups excluding carboxylic acids is 1. The number of thioether (sulfide) groups is 1. The average molecular weight is 357 g/mol. The van der Waals surface area contributed by atoms with E-state index in [0.717, 1.165) is 4.90 Å². The quantitative estimate of drug-likeness (QED) is 0.736. The van der Waals surface area contributed by atoms with Crippen molar-refractivity contribution >= 4 is 23.6 Å². The molecule has 1 unspecified atom stereocenters. The minimum absolute atomic E-state index is 0.0215. The van der Waals surface area contributed by atoms with Gasteiger partial charge in [0.15, 0.2) is 0 Å². The van der Waals surface area contributed by atoms with Gasteiger partial charge in [0.05, 0.1) is 0 Å². The highest BCUT2D eigenvalue weighted by molar-refractivity contribution is 7.99. The summed E-state index contributed by atoms with van der Waals surface area (Å²) in [7, 11) is 0. The molecule has 25 heavy (non-hydrogen) atoms. The van der Waals surface area contributed by atoms with Crippen LogP contribution in [0.3, 0.4) is 0 Å². The highest BCUT2D eigenvalue weighted by atomic mass is 32.2. The minimum Gasteiger partial charge on any atom is -0.481 e. The summed E-state index contributed by atoms with van der Waals surface area (Å²) in [6, 6.07) is 16.3. The lowest BCUT2D eigenvalue weighted by Gasteiger charge is -2.25. The van der Waals surface area contributed by atoms with Gasteiger partial charge in [-0.05, 0) is 36.8 Å². The van der Waals surface area contributed by atoms with E-state index in [4.69, 9.17) is 0 Å². The molecule has 2 N–H and O–H groups in total. The Morgan fingerprint density at radius 3 is 2.20 bits per heavy atom. The molecular formula is C20H23NO3S. The van der Waals surface area contributed by atoms with Crippen molar-refractivity contribution < 1.29 is 14.7 Å². The molecule has 0 aliphatic heterocycles. The zero-order valence-corrected chi connectivity index (χ0v) is 15.5. The smallest absolute Gasteiger partial charge is 0.315 e. The van der Waals surface area contributed by atoms with E-state index < -0.39 is 11.4 Å². The lowest BCUT2D eigenvalue weighted by atomic mass is 9.82. The van der Waals surface area contributed by atoms with Gasteiger partial charge in [0.25, 0.3) is 5.91 Å². The van der Waals surface area contributed by atoms with Crippen LogP contribution in [0.25, 0.3) is 0 Å². The normalized spacial score (nSPS) is 13.3. The van der Waals surface area contributed by atoms with Gasteiger partial charge >= 0.3 is 5.97 Å². The molecule has 1 amide bonds. The van der Waals surface area contributed by atoms with Crippen molar-refractivity contribution in [2.45, 2.75) is 36.3 Å². The lowest BCUT2D eigenvalue weighted by molar-refractivity contribution is -0.142. The summed E-state index contributed by atoms with van der Waals surface area (Å²) in [4.78, 5) is 25.2. The molecule has 0 heterocycles. The van der Waals surface area contributed by atoms with Crippen molar-refractivity contribution in [3.05, 3.63) is 65.7 Å². The summed E-state index contributed by atoms with van der Waals surface area (Å²) < 4.78 is 0. The maximum Gasteiger partial charge on any atom is 0.315 e. The Morgan fingerprint density at radius 2 is 1.68 bits per heavy atom. The van der Waals surface area contributed by atoms with Gasteiger partial charge in [0.1, 0.15) is 5.41 Å². The molecule has 0 saturated carbocycles. The van der Waals surface area contributed by atoms with Gasteiger partial charge in [-0.1, -0.05) is 44.2 Å². The van der Waals surface area contributed by atoms with Crippen LogP contribution >= 0.6 is 11.8 Å². The van der Waals surface area contributed by atoms with E-state index in [9.17, 15) is 14.7 Å². The van der Waals surface area contributed by atoms with E-state index >= 15 is 0 Å². The van der Waals surface area contributed by atoms with Gasteiger partial charge in [-0.2, -0.15) is 0 Å². The molecule has 0 aromatic heterocycles. The van der Waals surface area contributed by atoms with Crippen LogP contribution in [0.4, 0.5) is 0 Å². The zero-order chi connectivity index (χ0) is 18.4. The van der Waals surface area contributed by atoms with Crippen LogP contribution in [0.2, 0.25) is 0 Å². The summed E-state index contributed by atoms with van der Waals surface area (Å²) in [6.07, 6.45) is 0. The van der Waals surface area contributed by atoms with Crippen LogP contribution in [0.15, 0.2) is 59.5 Å². The molecular weight excluding hydrogens is 334 g/mol. The highest BCUT2D eigenvalue weighted by Gasteiger charge is 2.35. The van der Waals surface area contributed by atoms with Crippen molar-refractivity contribution in [2.75, 3.05) is 6.54 Å². The number of carbonyl (C=O) groups is 2. The first-order valence-corrected chi connectivity index (χ1v) is 9.05. The molecule has 5 heteroatoms. The number of rotatable bonds is 7. The topological polar surface area (TPSA) is 66.4 Å². The third-order valence-electron chi connectivity index (χ3n) is 3.97. The molecule has 4 nitrogen and oxygen atoms in total. The summed E-state index contributed by atoms with van der Waals surface area (Å²) >= 11 is 1.73. The first kappa shape index (κ1) is 19.1. The Bertz CT molecular complexity index is 728. The third kappa shape index (κ3) is 4.86. The number of hydrogen-bond acceptors (Lipinski definition) is 3. The minimum atomic E-state index is -1.18. The monoisotopic (exact) mass is 357 g/mol. The molecule has 2 aromatic rings. The van der Waals surface area contributed by atoms with Crippen LogP contribution in [0, 0.1) is 0 Å². The second-order valence-corrected chi connectivity index (χ2v) is 8.03. The molecule has 0 spiro atoms. The van der Waals surface area contributed by atoms with E-state index in [-0.39, 0.29) is 12.5 Å². The Morgan fingerprint density at radius 1 is 1.08 bits per heavy atom. The number of carboxylic acid groups (broad SMARTS) is 1. The summed E-state index contributed by atoms with van der Waals surface area (Å²) in [6.45, 7) is 5.87. The van der Waals surface area contributed by atoms with Crippen LogP contribution in [-0.4, -0.2) is 28.8 Å². The van der Waals surface area contributed by atoms with Gasteiger partial charge in [0.2, 0.25) is 0 Å². The zero-order valence-electron chi connectivity index (χ0n) is 14.7. The fourth-order valence-electron chi connectivity index (χ4n) is 2.42. The number of benzene rings is 2. The molecule has 2 aromatic carbocycles. The number of aliphatic carboxylic acids is 1. The molecule has 0 aliphatic carbocycles. The van der Waals surface area contributed by atoms with Gasteiger partial charge in [-0.25, -0.2) is 0 Å².